The molecule has 1 aromatic heterocycles. The molecule has 8 heteroatoms. The summed E-state index contributed by atoms with van der Waals surface area (Å²) in [7, 11) is -3.72. The van der Waals surface area contributed by atoms with Gasteiger partial charge in [-0.25, -0.2) is 13.4 Å². The molecule has 7 nitrogen and oxygen atoms in total. The van der Waals surface area contributed by atoms with Crippen LogP contribution in [0.25, 0.3) is 0 Å². The zero-order valence-electron chi connectivity index (χ0n) is 20.0. The van der Waals surface area contributed by atoms with Gasteiger partial charge in [-0.2, -0.15) is 0 Å². The van der Waals surface area contributed by atoms with Crippen molar-refractivity contribution in [3.8, 4) is 11.6 Å². The highest BCUT2D eigenvalue weighted by Gasteiger charge is 2.19. The van der Waals surface area contributed by atoms with Crippen LogP contribution in [-0.4, -0.2) is 25.4 Å². The molecule has 1 amide bonds. The molecule has 1 aliphatic rings. The number of nitrogens with zero attached hydrogens (tertiary/aromatic N) is 1. The Morgan fingerprint density at radius 2 is 1.66 bits per heavy atom. The van der Waals surface area contributed by atoms with Gasteiger partial charge in [-0.1, -0.05) is 31.4 Å². The molecule has 2 N–H and O–H groups in total. The third kappa shape index (κ3) is 6.39. The van der Waals surface area contributed by atoms with Crippen molar-refractivity contribution in [2.45, 2.75) is 62.8 Å². The number of benzene rings is 2. The molecule has 0 aliphatic heterocycles. The summed E-state index contributed by atoms with van der Waals surface area (Å²) < 4.78 is 34.2. The van der Waals surface area contributed by atoms with Gasteiger partial charge >= 0.3 is 0 Å². The van der Waals surface area contributed by atoms with Crippen molar-refractivity contribution < 1.29 is 17.9 Å². The van der Waals surface area contributed by atoms with Crippen molar-refractivity contribution in [2.75, 3.05) is 4.72 Å². The van der Waals surface area contributed by atoms with E-state index in [2.05, 4.69) is 15.0 Å². The minimum atomic E-state index is -3.72. The van der Waals surface area contributed by atoms with Crippen molar-refractivity contribution >= 4 is 21.6 Å². The smallest absolute Gasteiger partial charge is 0.261 e. The fraction of sp³-hybridized carbons (Fsp3) is 0.333. The van der Waals surface area contributed by atoms with Crippen molar-refractivity contribution in [2.24, 2.45) is 0 Å². The lowest BCUT2D eigenvalue weighted by atomic mass is 9.84. The number of pyridine rings is 1. The number of sulfonamides is 1. The van der Waals surface area contributed by atoms with E-state index in [-0.39, 0.29) is 22.7 Å². The highest BCUT2D eigenvalue weighted by atomic mass is 32.2. The molecule has 35 heavy (non-hydrogen) atoms. The lowest BCUT2D eigenvalue weighted by molar-refractivity contribution is 0.0940. The standard InChI is InChI=1S/C27H31N3O4S/c1-19(2)29-26(31)25-9-6-18-28-27(25)34-23-14-12-22(13-15-23)30-35(32,33)24-16-10-21(11-17-24)20-7-4-3-5-8-20/h6,9-20,30H,3-5,7-8H2,1-2H3,(H,29,31). The molecule has 0 bridgehead atoms. The molecule has 4 rings (SSSR count). The van der Waals surface area contributed by atoms with Crippen LogP contribution in [0.3, 0.4) is 0 Å². The molecule has 1 heterocycles. The number of carbonyl (C=O) groups excluding carboxylic acids is 1. The highest BCUT2D eigenvalue weighted by Crippen LogP contribution is 2.33. The predicted molar refractivity (Wildman–Crippen MR) is 136 cm³/mol. The number of amides is 1. The van der Waals surface area contributed by atoms with Gasteiger partial charge in [0.25, 0.3) is 15.9 Å². The second-order valence-electron chi connectivity index (χ2n) is 9.12. The maximum absolute atomic E-state index is 12.9. The average molecular weight is 494 g/mol. The number of carbonyl (C=O) groups is 1. The molecule has 1 aliphatic carbocycles. The summed E-state index contributed by atoms with van der Waals surface area (Å²) in [4.78, 5) is 16.8. The third-order valence-electron chi connectivity index (χ3n) is 6.02. The topological polar surface area (TPSA) is 97.4 Å². The van der Waals surface area contributed by atoms with E-state index in [1.165, 1.54) is 37.7 Å². The Kier molecular flexibility index (Phi) is 7.70. The molecule has 0 radical (unpaired) electrons. The van der Waals surface area contributed by atoms with Crippen LogP contribution in [0.4, 0.5) is 5.69 Å². The Morgan fingerprint density at radius 1 is 0.971 bits per heavy atom. The van der Waals surface area contributed by atoms with Gasteiger partial charge in [0.05, 0.1) is 4.90 Å². The van der Waals surface area contributed by atoms with E-state index in [0.29, 0.717) is 22.9 Å². The van der Waals surface area contributed by atoms with Gasteiger partial charge in [0.2, 0.25) is 5.88 Å². The second kappa shape index (κ2) is 10.9. The molecule has 0 unspecified atom stereocenters. The lowest BCUT2D eigenvalue weighted by Gasteiger charge is -2.22. The fourth-order valence-corrected chi connectivity index (χ4v) is 5.32. The van der Waals surface area contributed by atoms with Gasteiger partial charge < -0.3 is 10.1 Å². The second-order valence-corrected chi connectivity index (χ2v) is 10.8. The van der Waals surface area contributed by atoms with Gasteiger partial charge in [0.1, 0.15) is 11.3 Å². The number of hydrogen-bond donors (Lipinski definition) is 2. The van der Waals surface area contributed by atoms with Crippen molar-refractivity contribution in [1.82, 2.24) is 10.3 Å². The first-order valence-electron chi connectivity index (χ1n) is 12.0. The highest BCUT2D eigenvalue weighted by molar-refractivity contribution is 7.92. The zero-order valence-corrected chi connectivity index (χ0v) is 20.8. The van der Waals surface area contributed by atoms with Crippen LogP contribution in [-0.2, 0) is 10.0 Å². The van der Waals surface area contributed by atoms with E-state index < -0.39 is 10.0 Å². The Labute approximate surface area is 207 Å². The summed E-state index contributed by atoms with van der Waals surface area (Å²) >= 11 is 0. The molecule has 1 fully saturated rings. The number of anilines is 1. The molecular formula is C27H31N3O4S. The van der Waals surface area contributed by atoms with E-state index in [1.54, 1.807) is 54.7 Å². The van der Waals surface area contributed by atoms with Crippen molar-refractivity contribution in [1.29, 1.82) is 0 Å². The van der Waals surface area contributed by atoms with E-state index in [1.807, 2.05) is 26.0 Å². The number of hydrogen-bond acceptors (Lipinski definition) is 5. The summed E-state index contributed by atoms with van der Waals surface area (Å²) in [5, 5.41) is 2.82. The first kappa shape index (κ1) is 24.7. The van der Waals surface area contributed by atoms with Crippen LogP contribution < -0.4 is 14.8 Å². The zero-order chi connectivity index (χ0) is 24.8. The molecule has 2 aromatic carbocycles. The number of nitrogens with one attached hydrogen (secondary N) is 2. The Bertz CT molecular complexity index is 1250. The Morgan fingerprint density at radius 3 is 2.31 bits per heavy atom. The third-order valence-corrected chi connectivity index (χ3v) is 7.42. The van der Waals surface area contributed by atoms with Crippen molar-refractivity contribution in [3.63, 3.8) is 0 Å². The molecule has 0 saturated heterocycles. The maximum Gasteiger partial charge on any atom is 0.261 e. The number of ether oxygens (including phenoxy) is 1. The van der Waals surface area contributed by atoms with Crippen LogP contribution >= 0.6 is 0 Å². The minimum Gasteiger partial charge on any atom is -0.438 e. The first-order valence-corrected chi connectivity index (χ1v) is 13.5. The van der Waals surface area contributed by atoms with Crippen LogP contribution in [0.2, 0.25) is 0 Å². The Balaban J connectivity index is 1.43. The van der Waals surface area contributed by atoms with Gasteiger partial charge in [-0.05, 0) is 86.7 Å². The molecule has 1 saturated carbocycles. The number of aromatic nitrogens is 1. The van der Waals surface area contributed by atoms with E-state index in [0.717, 1.165) is 0 Å². The van der Waals surface area contributed by atoms with E-state index >= 15 is 0 Å². The van der Waals surface area contributed by atoms with Crippen LogP contribution in [0.5, 0.6) is 11.6 Å². The minimum absolute atomic E-state index is 0.0219. The number of rotatable bonds is 8. The van der Waals surface area contributed by atoms with Crippen LogP contribution in [0.15, 0.2) is 71.8 Å². The van der Waals surface area contributed by atoms with Gasteiger partial charge in [-0.3, -0.25) is 9.52 Å². The largest absolute Gasteiger partial charge is 0.438 e. The van der Waals surface area contributed by atoms with E-state index in [4.69, 9.17) is 4.74 Å². The summed E-state index contributed by atoms with van der Waals surface area (Å²) in [5.74, 6) is 0.859. The Hall–Kier alpha value is -3.39. The average Bonchev–Trinajstić information content (AvgIpc) is 2.85. The lowest BCUT2D eigenvalue weighted by Crippen LogP contribution is -2.30. The first-order chi connectivity index (χ1) is 16.8. The van der Waals surface area contributed by atoms with Gasteiger partial charge in [-0.15, -0.1) is 0 Å². The van der Waals surface area contributed by atoms with Crippen LogP contribution in [0.1, 0.15) is 67.8 Å². The normalized spacial score (nSPS) is 14.5. The fourth-order valence-electron chi connectivity index (χ4n) is 4.26. The van der Waals surface area contributed by atoms with Gasteiger partial charge in [0.15, 0.2) is 0 Å². The molecule has 0 spiro atoms. The molecule has 184 valence electrons. The molecule has 0 atom stereocenters. The van der Waals surface area contributed by atoms with Crippen LogP contribution in [0, 0.1) is 0 Å². The molecule has 3 aromatic rings. The summed E-state index contributed by atoms with van der Waals surface area (Å²) in [6.07, 6.45) is 7.64. The quantitative estimate of drug-likeness (QED) is 0.410. The van der Waals surface area contributed by atoms with Gasteiger partial charge in [0, 0.05) is 17.9 Å². The predicted octanol–water partition coefficient (Wildman–Crippen LogP) is 5.86. The monoisotopic (exact) mass is 493 g/mol. The van der Waals surface area contributed by atoms with E-state index in [9.17, 15) is 13.2 Å². The SMILES string of the molecule is CC(C)NC(=O)c1cccnc1Oc1ccc(NS(=O)(=O)c2ccc(C3CCCCC3)cc2)cc1. The maximum atomic E-state index is 12.9. The van der Waals surface area contributed by atoms with Crippen molar-refractivity contribution in [3.05, 3.63) is 78.0 Å². The summed E-state index contributed by atoms with van der Waals surface area (Å²) in [5.41, 5.74) is 1.94. The summed E-state index contributed by atoms with van der Waals surface area (Å²) in [6.45, 7) is 3.75. The summed E-state index contributed by atoms with van der Waals surface area (Å²) in [6, 6.07) is 17.0. The molecular weight excluding hydrogens is 462 g/mol.